The second-order valence-corrected chi connectivity index (χ2v) is 9.56. The number of ether oxygens (including phenoxy) is 2. The number of aliphatic hydroxyl groups is 1. The van der Waals surface area contributed by atoms with Crippen molar-refractivity contribution in [3.8, 4) is 5.75 Å². The fraction of sp³-hybridized carbons (Fsp3) is 0.345. The van der Waals surface area contributed by atoms with Gasteiger partial charge in [0.2, 0.25) is 5.91 Å². The summed E-state index contributed by atoms with van der Waals surface area (Å²) in [4.78, 5) is 15.0. The van der Waals surface area contributed by atoms with Gasteiger partial charge in [-0.1, -0.05) is 24.3 Å². The average Bonchev–Trinajstić information content (AvgIpc) is 2.89. The van der Waals surface area contributed by atoms with Gasteiger partial charge in [-0.2, -0.15) is 0 Å². The maximum atomic E-state index is 13.6. The third-order valence-corrected chi connectivity index (χ3v) is 7.07. The second kappa shape index (κ2) is 11.0. The van der Waals surface area contributed by atoms with Gasteiger partial charge in [0.05, 0.1) is 30.8 Å². The molecule has 0 aliphatic carbocycles. The van der Waals surface area contributed by atoms with Gasteiger partial charge in [-0.25, -0.2) is 8.78 Å². The van der Waals surface area contributed by atoms with Gasteiger partial charge in [0.25, 0.3) is 0 Å². The van der Waals surface area contributed by atoms with Crippen molar-refractivity contribution in [3.05, 3.63) is 95.6 Å². The molecule has 194 valence electrons. The van der Waals surface area contributed by atoms with Crippen LogP contribution in [-0.2, 0) is 14.3 Å². The van der Waals surface area contributed by atoms with Crippen LogP contribution in [-0.4, -0.2) is 35.1 Å². The largest absolute Gasteiger partial charge is 0.508 e. The van der Waals surface area contributed by atoms with Crippen LogP contribution in [0.1, 0.15) is 49.0 Å². The van der Waals surface area contributed by atoms with E-state index in [9.17, 15) is 23.8 Å². The summed E-state index contributed by atoms with van der Waals surface area (Å²) in [6.45, 7) is 0.388. The normalized spacial score (nSPS) is 24.5. The van der Waals surface area contributed by atoms with Gasteiger partial charge in [0.1, 0.15) is 17.4 Å². The van der Waals surface area contributed by atoms with Crippen LogP contribution >= 0.6 is 0 Å². The summed E-state index contributed by atoms with van der Waals surface area (Å²) in [7, 11) is 0. The summed E-state index contributed by atoms with van der Waals surface area (Å²) in [5, 5.41) is 19.8. The summed E-state index contributed by atoms with van der Waals surface area (Å²) >= 11 is 0. The Bertz CT molecular complexity index is 1200. The number of nitrogens with zero attached hydrogens (tertiary/aromatic N) is 1. The predicted octanol–water partition coefficient (Wildman–Crippen LogP) is 5.41. The fourth-order valence-electron chi connectivity index (χ4n) is 5.12. The van der Waals surface area contributed by atoms with Gasteiger partial charge >= 0.3 is 0 Å². The lowest BCUT2D eigenvalue weighted by Gasteiger charge is -2.48. The molecular formula is C29H29F2NO5. The number of carbonyl (C=O) groups excluding carboxylic acids is 1. The summed E-state index contributed by atoms with van der Waals surface area (Å²) in [6.07, 6.45) is 0.246. The van der Waals surface area contributed by atoms with Gasteiger partial charge in [0, 0.05) is 12.1 Å². The van der Waals surface area contributed by atoms with Crippen molar-refractivity contribution in [2.75, 3.05) is 11.5 Å². The van der Waals surface area contributed by atoms with Crippen LogP contribution in [0.3, 0.4) is 0 Å². The number of benzene rings is 3. The molecule has 0 saturated carbocycles. The number of anilines is 1. The van der Waals surface area contributed by atoms with E-state index in [1.165, 1.54) is 24.3 Å². The molecule has 2 aliphatic heterocycles. The van der Waals surface area contributed by atoms with Crippen LogP contribution < -0.4 is 4.90 Å². The Morgan fingerprint density at radius 3 is 2.27 bits per heavy atom. The molecule has 5 atom stereocenters. The van der Waals surface area contributed by atoms with Crippen molar-refractivity contribution >= 4 is 11.6 Å². The molecule has 8 heteroatoms. The highest BCUT2D eigenvalue weighted by molar-refractivity contribution is 6.03. The number of phenolic OH excluding ortho intramolecular Hbond substituents is 1. The maximum Gasteiger partial charge on any atom is 0.233 e. The highest BCUT2D eigenvalue weighted by atomic mass is 19.1. The lowest BCUT2D eigenvalue weighted by atomic mass is 9.78. The molecule has 2 aliphatic rings. The van der Waals surface area contributed by atoms with Crippen LogP contribution in [0.15, 0.2) is 72.8 Å². The van der Waals surface area contributed by atoms with Crippen molar-refractivity contribution in [1.29, 1.82) is 0 Å². The number of carbonyl (C=O) groups is 1. The molecule has 0 aromatic heterocycles. The van der Waals surface area contributed by atoms with Gasteiger partial charge in [-0.05, 0) is 78.9 Å². The summed E-state index contributed by atoms with van der Waals surface area (Å²) in [5.41, 5.74) is 2.20. The predicted molar refractivity (Wildman–Crippen MR) is 133 cm³/mol. The van der Waals surface area contributed by atoms with E-state index in [1.807, 2.05) is 0 Å². The Morgan fingerprint density at radius 2 is 1.62 bits per heavy atom. The van der Waals surface area contributed by atoms with Crippen molar-refractivity contribution in [1.82, 2.24) is 0 Å². The fourth-order valence-corrected chi connectivity index (χ4v) is 5.12. The monoisotopic (exact) mass is 509 g/mol. The van der Waals surface area contributed by atoms with E-state index in [2.05, 4.69) is 0 Å². The first-order valence-corrected chi connectivity index (χ1v) is 12.5. The van der Waals surface area contributed by atoms with Crippen molar-refractivity contribution < 1.29 is 33.3 Å². The van der Waals surface area contributed by atoms with Crippen LogP contribution in [0, 0.1) is 17.6 Å². The van der Waals surface area contributed by atoms with E-state index in [0.29, 0.717) is 38.0 Å². The van der Waals surface area contributed by atoms with E-state index in [0.717, 1.165) is 11.1 Å². The van der Waals surface area contributed by atoms with Crippen molar-refractivity contribution in [2.45, 2.75) is 50.2 Å². The molecule has 3 unspecified atom stereocenters. The zero-order chi connectivity index (χ0) is 25.9. The zero-order valence-electron chi connectivity index (χ0n) is 20.2. The number of hydrogen-bond acceptors (Lipinski definition) is 5. The van der Waals surface area contributed by atoms with Crippen molar-refractivity contribution in [3.63, 3.8) is 0 Å². The molecular weight excluding hydrogens is 480 g/mol. The topological polar surface area (TPSA) is 79.2 Å². The minimum absolute atomic E-state index is 0.0909. The SMILES string of the molecule is O=C1C(CC[C@H](O[C@H]2CC(O)CCO2)c2ccc(F)cc2)C(c2ccc(O)cc2)N1c1ccc(F)cc1. The Balaban J connectivity index is 1.37. The number of β-lactam (4-membered cyclic amide) rings is 1. The van der Waals surface area contributed by atoms with Crippen LogP contribution in [0.4, 0.5) is 14.5 Å². The molecule has 0 bridgehead atoms. The first-order valence-electron chi connectivity index (χ1n) is 12.5. The molecule has 2 saturated heterocycles. The molecule has 3 aromatic rings. The third kappa shape index (κ3) is 5.66. The summed E-state index contributed by atoms with van der Waals surface area (Å²) < 4.78 is 39.0. The first-order chi connectivity index (χ1) is 17.9. The lowest BCUT2D eigenvalue weighted by molar-refractivity contribution is -0.210. The number of rotatable bonds is 8. The number of phenols is 1. The minimum atomic E-state index is -0.598. The number of aromatic hydroxyl groups is 1. The van der Waals surface area contributed by atoms with E-state index >= 15 is 0 Å². The number of amides is 1. The molecule has 2 heterocycles. The molecule has 5 rings (SSSR count). The molecule has 37 heavy (non-hydrogen) atoms. The van der Waals surface area contributed by atoms with Gasteiger partial charge in [0.15, 0.2) is 6.29 Å². The number of halogens is 2. The van der Waals surface area contributed by atoms with Crippen LogP contribution in [0.25, 0.3) is 0 Å². The lowest BCUT2D eigenvalue weighted by Crippen LogP contribution is -2.55. The minimum Gasteiger partial charge on any atom is -0.508 e. The average molecular weight is 510 g/mol. The smallest absolute Gasteiger partial charge is 0.233 e. The summed E-state index contributed by atoms with van der Waals surface area (Å²) in [5.74, 6) is -1.09. The van der Waals surface area contributed by atoms with Gasteiger partial charge < -0.3 is 24.6 Å². The zero-order valence-corrected chi connectivity index (χ0v) is 20.2. The molecule has 0 spiro atoms. The molecule has 2 N–H and O–H groups in total. The Hall–Kier alpha value is -3.33. The quantitative estimate of drug-likeness (QED) is 0.397. The van der Waals surface area contributed by atoms with Crippen LogP contribution in [0.2, 0.25) is 0 Å². The van der Waals surface area contributed by atoms with E-state index < -0.39 is 18.5 Å². The third-order valence-electron chi connectivity index (χ3n) is 7.07. The highest BCUT2D eigenvalue weighted by Gasteiger charge is 2.48. The first kappa shape index (κ1) is 25.3. The second-order valence-electron chi connectivity index (χ2n) is 9.56. The van der Waals surface area contributed by atoms with E-state index in [-0.39, 0.29) is 35.3 Å². The Labute approximate surface area is 214 Å². The molecule has 3 aromatic carbocycles. The maximum absolute atomic E-state index is 13.6. The Morgan fingerprint density at radius 1 is 0.973 bits per heavy atom. The summed E-state index contributed by atoms with van der Waals surface area (Å²) in [6, 6.07) is 18.2. The number of aliphatic hydroxyl groups excluding tert-OH is 1. The van der Waals surface area contributed by atoms with E-state index in [1.54, 1.807) is 53.4 Å². The molecule has 0 radical (unpaired) electrons. The van der Waals surface area contributed by atoms with E-state index in [4.69, 9.17) is 9.47 Å². The van der Waals surface area contributed by atoms with Gasteiger partial charge in [-0.15, -0.1) is 0 Å². The van der Waals surface area contributed by atoms with Crippen molar-refractivity contribution in [2.24, 2.45) is 5.92 Å². The Kier molecular flexibility index (Phi) is 7.50. The molecule has 1 amide bonds. The molecule has 6 nitrogen and oxygen atoms in total. The van der Waals surface area contributed by atoms with Gasteiger partial charge in [-0.3, -0.25) is 4.79 Å². The highest BCUT2D eigenvalue weighted by Crippen LogP contribution is 2.47. The molecule has 2 fully saturated rings. The van der Waals surface area contributed by atoms with Crippen LogP contribution in [0.5, 0.6) is 5.75 Å². The standard InChI is InChI=1S/C29H29F2NO5/c30-20-5-1-18(2-6-20)26(37-27-17-24(34)15-16-36-27)14-13-25-28(19-3-11-23(33)12-4-19)32(29(25)35)22-9-7-21(31)8-10-22/h1-12,24-28,33-34H,13-17H2/t24?,25?,26-,27-,28?/m0/s1. The number of hydrogen-bond donors (Lipinski definition) is 2.